The Morgan fingerprint density at radius 1 is 1.36 bits per heavy atom. The van der Waals surface area contributed by atoms with Gasteiger partial charge in [-0.2, -0.15) is 5.10 Å². The summed E-state index contributed by atoms with van der Waals surface area (Å²) in [6.45, 7) is 0.882. The highest BCUT2D eigenvalue weighted by atomic mass is 16.5. The van der Waals surface area contributed by atoms with Crippen LogP contribution >= 0.6 is 0 Å². The highest BCUT2D eigenvalue weighted by Crippen LogP contribution is 2.16. The molecule has 0 aromatic carbocycles. The first-order valence-corrected chi connectivity index (χ1v) is 5.04. The monoisotopic (exact) mass is 193 g/mol. The Labute approximate surface area is 83.5 Å². The molecule has 0 aliphatic carbocycles. The first kappa shape index (κ1) is 9.40. The summed E-state index contributed by atoms with van der Waals surface area (Å²) in [6.07, 6.45) is 4.75. The lowest BCUT2D eigenvalue weighted by molar-refractivity contribution is 0.0161. The van der Waals surface area contributed by atoms with Gasteiger partial charge < -0.3 is 10.5 Å². The molecule has 4 heteroatoms. The molecule has 0 saturated carbocycles. The van der Waals surface area contributed by atoms with Crippen molar-refractivity contribution in [3.05, 3.63) is 17.8 Å². The van der Waals surface area contributed by atoms with Gasteiger partial charge in [-0.05, 0) is 31.4 Å². The number of nitrogen functional groups attached to an aromatic ring is 1. The fourth-order valence-corrected chi connectivity index (χ4v) is 1.68. The Hall–Kier alpha value is -1.16. The van der Waals surface area contributed by atoms with Crippen LogP contribution in [-0.2, 0) is 11.2 Å². The van der Waals surface area contributed by atoms with Crippen molar-refractivity contribution in [3.63, 3.8) is 0 Å². The Balaban J connectivity index is 1.92. The largest absolute Gasteiger partial charge is 0.382 e. The first-order chi connectivity index (χ1) is 6.84. The van der Waals surface area contributed by atoms with Crippen LogP contribution in [0.15, 0.2) is 12.1 Å². The minimum atomic E-state index is 0.321. The minimum absolute atomic E-state index is 0.321. The van der Waals surface area contributed by atoms with Gasteiger partial charge in [0.05, 0.1) is 11.8 Å². The van der Waals surface area contributed by atoms with Gasteiger partial charge in [-0.1, -0.05) is 0 Å². The normalized spacial score (nSPS) is 22.1. The summed E-state index contributed by atoms with van der Waals surface area (Å²) in [4.78, 5) is 0. The summed E-state index contributed by atoms with van der Waals surface area (Å²) in [5, 5.41) is 7.83. The van der Waals surface area contributed by atoms with E-state index < -0.39 is 0 Å². The van der Waals surface area contributed by atoms with Crippen molar-refractivity contribution in [1.29, 1.82) is 0 Å². The molecule has 4 nitrogen and oxygen atoms in total. The third-order valence-electron chi connectivity index (χ3n) is 2.45. The zero-order valence-electron chi connectivity index (χ0n) is 8.15. The van der Waals surface area contributed by atoms with Crippen molar-refractivity contribution in [2.24, 2.45) is 0 Å². The van der Waals surface area contributed by atoms with E-state index in [1.54, 1.807) is 6.07 Å². The maximum absolute atomic E-state index is 5.61. The molecule has 0 spiro atoms. The van der Waals surface area contributed by atoms with E-state index in [-0.39, 0.29) is 0 Å². The molecule has 76 valence electrons. The number of hydrogen-bond acceptors (Lipinski definition) is 4. The van der Waals surface area contributed by atoms with Crippen LogP contribution in [0.2, 0.25) is 0 Å². The third-order valence-corrected chi connectivity index (χ3v) is 2.45. The summed E-state index contributed by atoms with van der Waals surface area (Å²) in [5.74, 6) is 0.471. The molecular formula is C10H15N3O. The number of nitrogens with zero attached hydrogens (tertiary/aromatic N) is 2. The van der Waals surface area contributed by atoms with E-state index in [1.165, 1.54) is 12.8 Å². The smallest absolute Gasteiger partial charge is 0.146 e. The number of rotatable bonds is 2. The van der Waals surface area contributed by atoms with Crippen molar-refractivity contribution in [3.8, 4) is 0 Å². The summed E-state index contributed by atoms with van der Waals surface area (Å²) < 4.78 is 5.61. The Morgan fingerprint density at radius 2 is 2.29 bits per heavy atom. The maximum Gasteiger partial charge on any atom is 0.146 e. The van der Waals surface area contributed by atoms with Gasteiger partial charge in [0, 0.05) is 13.0 Å². The molecule has 1 aliphatic rings. The van der Waals surface area contributed by atoms with Gasteiger partial charge in [-0.25, -0.2) is 0 Å². The van der Waals surface area contributed by atoms with Crippen molar-refractivity contribution < 1.29 is 4.74 Å². The van der Waals surface area contributed by atoms with Crippen molar-refractivity contribution in [2.75, 3.05) is 12.3 Å². The van der Waals surface area contributed by atoms with Crippen LogP contribution in [0.1, 0.15) is 25.0 Å². The molecule has 1 aliphatic heterocycles. The number of aromatic nitrogens is 2. The first-order valence-electron chi connectivity index (χ1n) is 5.04. The highest BCUT2D eigenvalue weighted by Gasteiger charge is 2.14. The fraction of sp³-hybridized carbons (Fsp3) is 0.600. The standard InChI is InChI=1S/C10H15N3O/c11-10-5-4-8(12-13-10)7-9-3-1-2-6-14-9/h4-5,9H,1-3,6-7H2,(H2,11,13). The topological polar surface area (TPSA) is 61.0 Å². The molecule has 2 N–H and O–H groups in total. The molecule has 1 saturated heterocycles. The predicted molar refractivity (Wildman–Crippen MR) is 53.7 cm³/mol. The number of hydrogen-bond donors (Lipinski definition) is 1. The molecule has 1 unspecified atom stereocenters. The van der Waals surface area contributed by atoms with E-state index >= 15 is 0 Å². The van der Waals surface area contributed by atoms with Gasteiger partial charge in [0.2, 0.25) is 0 Å². The Bertz CT molecular complexity index is 280. The van der Waals surface area contributed by atoms with Crippen LogP contribution in [-0.4, -0.2) is 22.9 Å². The zero-order chi connectivity index (χ0) is 9.80. The Morgan fingerprint density at radius 3 is 2.93 bits per heavy atom. The van der Waals surface area contributed by atoms with E-state index in [0.717, 1.165) is 25.1 Å². The van der Waals surface area contributed by atoms with Crippen LogP contribution in [0.3, 0.4) is 0 Å². The molecule has 2 heterocycles. The Kier molecular flexibility index (Phi) is 2.93. The van der Waals surface area contributed by atoms with Crippen LogP contribution in [0.5, 0.6) is 0 Å². The van der Waals surface area contributed by atoms with Crippen LogP contribution in [0.25, 0.3) is 0 Å². The second-order valence-corrected chi connectivity index (χ2v) is 3.64. The van der Waals surface area contributed by atoms with Gasteiger partial charge in [-0.3, -0.25) is 0 Å². The summed E-state index contributed by atoms with van der Waals surface area (Å²) in [6, 6.07) is 3.70. The summed E-state index contributed by atoms with van der Waals surface area (Å²) in [7, 11) is 0. The second kappa shape index (κ2) is 4.37. The third kappa shape index (κ3) is 2.42. The lowest BCUT2D eigenvalue weighted by atomic mass is 10.0. The van der Waals surface area contributed by atoms with E-state index in [9.17, 15) is 0 Å². The maximum atomic E-state index is 5.61. The van der Waals surface area contributed by atoms with Gasteiger partial charge in [-0.15, -0.1) is 5.10 Å². The lowest BCUT2D eigenvalue weighted by Gasteiger charge is -2.21. The van der Waals surface area contributed by atoms with Crippen molar-refractivity contribution in [1.82, 2.24) is 10.2 Å². The van der Waals surface area contributed by atoms with E-state index in [4.69, 9.17) is 10.5 Å². The fourth-order valence-electron chi connectivity index (χ4n) is 1.68. The van der Waals surface area contributed by atoms with Gasteiger partial charge >= 0.3 is 0 Å². The molecule has 1 atom stereocenters. The number of nitrogens with two attached hydrogens (primary N) is 1. The van der Waals surface area contributed by atoms with Crippen LogP contribution in [0.4, 0.5) is 5.82 Å². The summed E-state index contributed by atoms with van der Waals surface area (Å²) in [5.41, 5.74) is 6.42. The molecule has 1 aromatic heterocycles. The van der Waals surface area contributed by atoms with E-state index in [2.05, 4.69) is 10.2 Å². The molecule has 0 bridgehead atoms. The minimum Gasteiger partial charge on any atom is -0.382 e. The number of anilines is 1. The summed E-state index contributed by atoms with van der Waals surface area (Å²) >= 11 is 0. The lowest BCUT2D eigenvalue weighted by Crippen LogP contribution is -2.22. The molecular weight excluding hydrogens is 178 g/mol. The van der Waals surface area contributed by atoms with E-state index in [0.29, 0.717) is 11.9 Å². The quantitative estimate of drug-likeness (QED) is 0.766. The number of ether oxygens (including phenoxy) is 1. The van der Waals surface area contributed by atoms with E-state index in [1.807, 2.05) is 6.07 Å². The van der Waals surface area contributed by atoms with Gasteiger partial charge in [0.25, 0.3) is 0 Å². The zero-order valence-corrected chi connectivity index (χ0v) is 8.15. The molecule has 14 heavy (non-hydrogen) atoms. The average molecular weight is 193 g/mol. The van der Waals surface area contributed by atoms with Crippen molar-refractivity contribution >= 4 is 5.82 Å². The van der Waals surface area contributed by atoms with Gasteiger partial charge in [0.15, 0.2) is 0 Å². The molecule has 1 aromatic rings. The van der Waals surface area contributed by atoms with Gasteiger partial charge in [0.1, 0.15) is 5.82 Å². The SMILES string of the molecule is Nc1ccc(CC2CCCCO2)nn1. The molecule has 1 fully saturated rings. The molecule has 0 amide bonds. The molecule has 0 radical (unpaired) electrons. The second-order valence-electron chi connectivity index (χ2n) is 3.64. The van der Waals surface area contributed by atoms with Crippen molar-refractivity contribution in [2.45, 2.75) is 31.8 Å². The highest BCUT2D eigenvalue weighted by molar-refractivity contribution is 5.25. The predicted octanol–water partition coefficient (Wildman–Crippen LogP) is 1.17. The molecule has 2 rings (SSSR count). The van der Waals surface area contributed by atoms with Crippen LogP contribution < -0.4 is 5.73 Å². The van der Waals surface area contributed by atoms with Crippen LogP contribution in [0, 0.1) is 0 Å². The average Bonchev–Trinajstić information content (AvgIpc) is 2.23.